The van der Waals surface area contributed by atoms with Crippen LogP contribution in [0.4, 0.5) is 68.2 Å². The molecule has 6 aliphatic rings. The van der Waals surface area contributed by atoms with Gasteiger partial charge in [-0.3, -0.25) is 0 Å². The molecule has 0 spiro atoms. The van der Waals surface area contributed by atoms with Crippen molar-refractivity contribution in [2.45, 2.75) is 0 Å². The Morgan fingerprint density at radius 3 is 1.17 bits per heavy atom. The Bertz CT molecular complexity index is 4180. The van der Waals surface area contributed by atoms with Gasteiger partial charge in [-0.25, -0.2) is 0 Å². The number of para-hydroxylation sites is 7. The van der Waals surface area contributed by atoms with Crippen LogP contribution in [0.5, 0.6) is 23.0 Å². The van der Waals surface area contributed by atoms with Crippen molar-refractivity contribution in [3.8, 4) is 23.0 Å². The van der Waals surface area contributed by atoms with Crippen molar-refractivity contribution >= 4 is 138 Å². The van der Waals surface area contributed by atoms with E-state index in [-0.39, 0.29) is 20.1 Å². The molecular weight excluding hydrogens is 913 g/mol. The summed E-state index contributed by atoms with van der Waals surface area (Å²) in [6.45, 7) is -0.432. The van der Waals surface area contributed by atoms with Gasteiger partial charge in [0.15, 0.2) is 0 Å². The van der Waals surface area contributed by atoms with Gasteiger partial charge in [0.25, 0.3) is 20.1 Å². The fraction of sp³-hybridized carbons (Fsp3) is 0. The Kier molecular flexibility index (Phi) is 8.44. The number of benzene rings is 11. The van der Waals surface area contributed by atoms with E-state index in [1.54, 1.807) is 0 Å². The summed E-state index contributed by atoms with van der Waals surface area (Å²) in [7, 11) is 0. The van der Waals surface area contributed by atoms with Crippen molar-refractivity contribution in [1.82, 2.24) is 0 Å². The molecule has 0 N–H and O–H groups in total. The highest BCUT2D eigenvalue weighted by molar-refractivity contribution is 7.05. The van der Waals surface area contributed by atoms with Crippen molar-refractivity contribution in [2.75, 3.05) is 19.6 Å². The molecule has 0 unspecified atom stereocenters. The summed E-state index contributed by atoms with van der Waals surface area (Å²) >= 11 is 0. The maximum atomic E-state index is 7.70. The van der Waals surface area contributed by atoms with E-state index in [9.17, 15) is 0 Å². The molecule has 6 nitrogen and oxygen atoms in total. The van der Waals surface area contributed by atoms with E-state index in [0.717, 1.165) is 96.5 Å². The number of anilines is 12. The molecule has 9 heteroatoms. The quantitative estimate of drug-likeness (QED) is 0.163. The first-order valence-corrected chi connectivity index (χ1v) is 25.9. The third-order valence-electron chi connectivity index (χ3n) is 16.5. The van der Waals surface area contributed by atoms with Gasteiger partial charge in [0.2, 0.25) is 0 Å². The lowest BCUT2D eigenvalue weighted by atomic mass is 9.29. The first kappa shape index (κ1) is 40.9. The summed E-state index contributed by atoms with van der Waals surface area (Å²) in [6.07, 6.45) is 0. The molecular formula is C66H41B3N4O2. The van der Waals surface area contributed by atoms with E-state index < -0.39 is 0 Å². The Morgan fingerprint density at radius 1 is 0.227 bits per heavy atom. The molecule has 0 aliphatic carbocycles. The molecule has 6 heterocycles. The van der Waals surface area contributed by atoms with Gasteiger partial charge in [0, 0.05) is 68.2 Å². The molecule has 0 aromatic heterocycles. The smallest absolute Gasteiger partial charge is 0.256 e. The second-order valence-electron chi connectivity index (χ2n) is 20.3. The highest BCUT2D eigenvalue weighted by Crippen LogP contribution is 2.50. The molecule has 0 bridgehead atoms. The van der Waals surface area contributed by atoms with Gasteiger partial charge in [-0.2, -0.15) is 0 Å². The summed E-state index contributed by atoms with van der Waals surface area (Å²) in [5.41, 5.74) is 24.2. The highest BCUT2D eigenvalue weighted by Gasteiger charge is 2.52. The van der Waals surface area contributed by atoms with Crippen LogP contribution in [-0.4, -0.2) is 20.1 Å². The van der Waals surface area contributed by atoms with Crippen LogP contribution < -0.4 is 78.2 Å². The minimum Gasteiger partial charge on any atom is -0.459 e. The number of hydrogen-bond acceptors (Lipinski definition) is 6. The van der Waals surface area contributed by atoms with Gasteiger partial charge in [-0.1, -0.05) is 146 Å². The average Bonchev–Trinajstić information content (AvgIpc) is 3.57. The van der Waals surface area contributed by atoms with Gasteiger partial charge >= 0.3 is 0 Å². The normalized spacial score (nSPS) is 14.2. The number of nitrogens with zero attached hydrogens (tertiary/aromatic N) is 4. The van der Waals surface area contributed by atoms with Crippen LogP contribution >= 0.6 is 0 Å². The van der Waals surface area contributed by atoms with Crippen molar-refractivity contribution in [1.29, 1.82) is 0 Å². The Hall–Kier alpha value is -9.59. The monoisotopic (exact) mass is 954 g/mol. The largest absolute Gasteiger partial charge is 0.459 e. The standard InChI is InChI=1S/C66H41B3N4O2/c1-5-21-42(22-6-1)70-51-32-16-13-29-46(51)67-48-31-15-18-37-60(48)75-66-64(67)57(70)41-58-65(66)69-50-39-49-55(72(44-25-9-3-10-26-44)54-35-20-38-61-63(54)68(49)47-30-14-17-36-59(47)74-61)40-56(50)71(43-23-7-2-8-24-43)52-33-19-34-53(62(52)69)73(58)45-27-11-4-12-28-45/h1-41H. The summed E-state index contributed by atoms with van der Waals surface area (Å²) in [5, 5.41) is 0. The van der Waals surface area contributed by atoms with E-state index in [2.05, 4.69) is 268 Å². The molecule has 17 rings (SSSR count). The Labute approximate surface area is 436 Å². The molecule has 11 aromatic rings. The Balaban J connectivity index is 1.03. The second-order valence-corrected chi connectivity index (χ2v) is 20.3. The highest BCUT2D eigenvalue weighted by atomic mass is 16.5. The van der Waals surface area contributed by atoms with Crippen molar-refractivity contribution in [3.63, 3.8) is 0 Å². The van der Waals surface area contributed by atoms with Crippen LogP contribution in [0, 0.1) is 0 Å². The molecule has 346 valence electrons. The summed E-state index contributed by atoms with van der Waals surface area (Å²) in [4.78, 5) is 9.95. The van der Waals surface area contributed by atoms with Crippen LogP contribution in [0.3, 0.4) is 0 Å². The lowest BCUT2D eigenvalue weighted by molar-refractivity contribution is 0.487. The third kappa shape index (κ3) is 5.61. The molecule has 0 amide bonds. The second kappa shape index (κ2) is 15.5. The van der Waals surface area contributed by atoms with Crippen molar-refractivity contribution < 1.29 is 9.47 Å². The maximum absolute atomic E-state index is 7.70. The van der Waals surface area contributed by atoms with Gasteiger partial charge in [0.05, 0.1) is 0 Å². The fourth-order valence-corrected chi connectivity index (χ4v) is 13.6. The van der Waals surface area contributed by atoms with Gasteiger partial charge in [-0.15, -0.1) is 0 Å². The van der Waals surface area contributed by atoms with Crippen LogP contribution in [-0.2, 0) is 0 Å². The first-order chi connectivity index (χ1) is 37.3. The number of hydrogen-bond donors (Lipinski definition) is 0. The maximum Gasteiger partial charge on any atom is 0.256 e. The zero-order valence-electron chi connectivity index (χ0n) is 40.5. The molecule has 0 radical (unpaired) electrons. The van der Waals surface area contributed by atoms with Crippen LogP contribution in [0.1, 0.15) is 0 Å². The lowest BCUT2D eigenvalue weighted by Gasteiger charge is -2.48. The van der Waals surface area contributed by atoms with E-state index >= 15 is 0 Å². The molecule has 75 heavy (non-hydrogen) atoms. The molecule has 6 aliphatic heterocycles. The van der Waals surface area contributed by atoms with Crippen LogP contribution in [0.2, 0.25) is 0 Å². The van der Waals surface area contributed by atoms with Crippen molar-refractivity contribution in [3.05, 3.63) is 249 Å². The van der Waals surface area contributed by atoms with Crippen molar-refractivity contribution in [2.24, 2.45) is 0 Å². The average molecular weight is 955 g/mol. The first-order valence-electron chi connectivity index (χ1n) is 25.9. The topological polar surface area (TPSA) is 31.4 Å². The molecule has 0 saturated carbocycles. The summed E-state index contributed by atoms with van der Waals surface area (Å²) < 4.78 is 14.6. The summed E-state index contributed by atoms with van der Waals surface area (Å²) in [6, 6.07) is 90.8. The number of rotatable bonds is 4. The molecule has 0 atom stereocenters. The minimum atomic E-state index is -0.253. The van der Waals surface area contributed by atoms with E-state index in [0.29, 0.717) is 0 Å². The SMILES string of the molecule is c1ccc(N2c3cc4c(cc3B3c5ccccc5Oc5cccc2c53)B2c3c(cccc3N(c3ccccc3)c3cc5c6c(c32)Oc2ccccc2B6c2ccccc2N5c2ccccc2)N4c2ccccc2)cc1. The molecule has 0 saturated heterocycles. The van der Waals surface area contributed by atoms with Gasteiger partial charge in [0.1, 0.15) is 23.0 Å². The van der Waals surface area contributed by atoms with Crippen LogP contribution in [0.25, 0.3) is 0 Å². The van der Waals surface area contributed by atoms with E-state index in [4.69, 9.17) is 9.47 Å². The Morgan fingerprint density at radius 2 is 0.600 bits per heavy atom. The number of ether oxygens (including phenoxy) is 2. The van der Waals surface area contributed by atoms with E-state index in [1.165, 1.54) is 43.9 Å². The molecule has 0 fully saturated rings. The van der Waals surface area contributed by atoms with Gasteiger partial charge in [-0.05, 0) is 152 Å². The van der Waals surface area contributed by atoms with Crippen LogP contribution in [0.15, 0.2) is 249 Å². The lowest BCUT2D eigenvalue weighted by Crippen LogP contribution is -2.67. The fourth-order valence-electron chi connectivity index (χ4n) is 13.6. The minimum absolute atomic E-state index is 0.0799. The summed E-state index contributed by atoms with van der Waals surface area (Å²) in [5.74, 6) is 3.58. The zero-order valence-corrected chi connectivity index (χ0v) is 40.5. The van der Waals surface area contributed by atoms with Gasteiger partial charge < -0.3 is 29.1 Å². The predicted molar refractivity (Wildman–Crippen MR) is 312 cm³/mol. The zero-order chi connectivity index (χ0) is 48.9. The third-order valence-corrected chi connectivity index (χ3v) is 16.5. The predicted octanol–water partition coefficient (Wildman–Crippen LogP) is 10.6. The van der Waals surface area contributed by atoms with E-state index in [1.807, 2.05) is 0 Å². The number of fused-ring (bicyclic) bond motifs is 13. The molecule has 11 aromatic carbocycles.